The van der Waals surface area contributed by atoms with Crippen LogP contribution in [-0.4, -0.2) is 24.1 Å². The Kier molecular flexibility index (Phi) is 11.5. The Bertz CT molecular complexity index is 164. The van der Waals surface area contributed by atoms with Crippen molar-refractivity contribution in [1.82, 2.24) is 4.90 Å². The number of carbonyl (C=O) groups excluding carboxylic acids is 1. The number of hydrogen-bond acceptors (Lipinski definition) is 4. The van der Waals surface area contributed by atoms with Crippen molar-refractivity contribution >= 4 is 26.0 Å². The van der Waals surface area contributed by atoms with Crippen LogP contribution in [0.4, 0.5) is 4.79 Å². The number of hydrogen-bond donors (Lipinski definition) is 0. The van der Waals surface area contributed by atoms with Crippen LogP contribution in [0.2, 0.25) is 0 Å². The van der Waals surface area contributed by atoms with Crippen molar-refractivity contribution in [3.8, 4) is 0 Å². The Balaban J connectivity index is 3.90. The third kappa shape index (κ3) is 8.41. The molecule has 0 heterocycles. The van der Waals surface area contributed by atoms with Crippen LogP contribution >= 0.6 is 19.9 Å². The molecule has 0 saturated heterocycles. The molecule has 6 heteroatoms. The molecule has 0 N–H and O–H groups in total. The van der Waals surface area contributed by atoms with Gasteiger partial charge in [-0.15, -0.1) is 0 Å². The fourth-order valence-corrected chi connectivity index (χ4v) is 2.54. The second kappa shape index (κ2) is 11.1. The van der Waals surface area contributed by atoms with Gasteiger partial charge in [-0.2, -0.15) is 0 Å². The average Bonchev–Trinajstić information content (AvgIpc) is 2.26. The second-order valence-corrected chi connectivity index (χ2v) is 9.33. The van der Waals surface area contributed by atoms with Gasteiger partial charge in [0.15, 0.2) is 0 Å². The molecule has 0 bridgehead atoms. The van der Waals surface area contributed by atoms with E-state index in [2.05, 4.69) is 13.8 Å². The first-order chi connectivity index (χ1) is 7.26. The topological polar surface area (TPSA) is 29.5 Å². The molecule has 0 aromatic rings. The van der Waals surface area contributed by atoms with Crippen LogP contribution in [0.25, 0.3) is 0 Å². The molecule has 3 nitrogen and oxygen atoms in total. The maximum atomic E-state index is 11.6. The minimum atomic E-state index is -0.178. The van der Waals surface area contributed by atoms with Crippen molar-refractivity contribution in [2.45, 2.75) is 39.5 Å². The molecule has 0 aliphatic rings. The summed E-state index contributed by atoms with van der Waals surface area (Å²) in [6.07, 6.45) is 4.14. The summed E-state index contributed by atoms with van der Waals surface area (Å²) in [5, 5.41) is 0. The quantitative estimate of drug-likeness (QED) is 0.388. The molecule has 1 amide bonds. The number of rotatable bonds is 8. The van der Waals surface area contributed by atoms with E-state index in [1.54, 1.807) is 8.79 Å². The Morgan fingerprint density at radius 3 is 2.20 bits per heavy atom. The molecule has 0 spiro atoms. The fourth-order valence-electron chi connectivity index (χ4n) is 1.10. The molecule has 0 aliphatic carbocycles. The van der Waals surface area contributed by atoms with Crippen molar-refractivity contribution in [3.05, 3.63) is 0 Å². The Hall–Kier alpha value is 0.593. The molecule has 0 aromatic heterocycles. The summed E-state index contributed by atoms with van der Waals surface area (Å²) in [4.78, 5) is 13.4. The second-order valence-electron chi connectivity index (χ2n) is 3.23. The number of nitrogens with zero attached hydrogens (tertiary/aromatic N) is 1. The summed E-state index contributed by atoms with van der Waals surface area (Å²) in [7, 11) is 1.57. The predicted molar refractivity (Wildman–Crippen MR) is 63.1 cm³/mol. The summed E-state index contributed by atoms with van der Waals surface area (Å²) < 4.78 is 5.05. The van der Waals surface area contributed by atoms with Gasteiger partial charge in [0, 0.05) is 0 Å². The molecule has 85 valence electrons. The standard InChI is InChI=1S/C9H19NO2S2.Zn/c1-3-5-7-10(8-6-4-2)9(11)12-14-13;/h13H,3-8H2,1-2H3;/q;+1/p-1. The molecule has 0 saturated carbocycles. The Morgan fingerprint density at radius 1 is 1.27 bits per heavy atom. The molecule has 0 aliphatic heterocycles. The van der Waals surface area contributed by atoms with E-state index in [0.717, 1.165) is 55.9 Å². The summed E-state index contributed by atoms with van der Waals surface area (Å²) >= 11 is 2.26. The van der Waals surface area contributed by atoms with Gasteiger partial charge < -0.3 is 0 Å². The van der Waals surface area contributed by atoms with Crippen molar-refractivity contribution in [2.75, 3.05) is 13.1 Å². The first-order valence-electron chi connectivity index (χ1n) is 5.30. The summed E-state index contributed by atoms with van der Waals surface area (Å²) in [6, 6.07) is 0. The van der Waals surface area contributed by atoms with Gasteiger partial charge in [-0.1, -0.05) is 0 Å². The monoisotopic (exact) mass is 300 g/mol. The van der Waals surface area contributed by atoms with Crippen molar-refractivity contribution in [3.63, 3.8) is 0 Å². The van der Waals surface area contributed by atoms with Crippen LogP contribution in [0.1, 0.15) is 39.5 Å². The summed E-state index contributed by atoms with van der Waals surface area (Å²) in [5.74, 6) is 0. The van der Waals surface area contributed by atoms with E-state index < -0.39 is 0 Å². The van der Waals surface area contributed by atoms with E-state index in [0.29, 0.717) is 0 Å². The van der Waals surface area contributed by atoms with Crippen LogP contribution in [0.3, 0.4) is 0 Å². The predicted octanol–water partition coefficient (Wildman–Crippen LogP) is 3.78. The van der Waals surface area contributed by atoms with Crippen LogP contribution in [0.15, 0.2) is 0 Å². The van der Waals surface area contributed by atoms with E-state index >= 15 is 0 Å². The van der Waals surface area contributed by atoms with Crippen molar-refractivity contribution in [2.24, 2.45) is 0 Å². The zero-order chi connectivity index (χ0) is 11.5. The zero-order valence-corrected chi connectivity index (χ0v) is 14.1. The van der Waals surface area contributed by atoms with Gasteiger partial charge in [0.05, 0.1) is 0 Å². The summed E-state index contributed by atoms with van der Waals surface area (Å²) in [5.41, 5.74) is 0. The van der Waals surface area contributed by atoms with Gasteiger partial charge in [0.25, 0.3) is 0 Å². The van der Waals surface area contributed by atoms with Gasteiger partial charge in [-0.25, -0.2) is 0 Å². The van der Waals surface area contributed by atoms with Gasteiger partial charge >= 0.3 is 110 Å². The molecule has 0 rings (SSSR count). The number of amides is 1. The van der Waals surface area contributed by atoms with Gasteiger partial charge in [-0.05, 0) is 0 Å². The maximum absolute atomic E-state index is 11.6. The fraction of sp³-hybridized carbons (Fsp3) is 0.889. The molecule has 15 heavy (non-hydrogen) atoms. The van der Waals surface area contributed by atoms with Gasteiger partial charge in [0.2, 0.25) is 0 Å². The minimum absolute atomic E-state index is 0.178. The SMILES string of the molecule is CCCCN(CCCC)C(=O)OS[S][Zn]. The van der Waals surface area contributed by atoms with E-state index in [4.69, 9.17) is 4.18 Å². The molecular formula is C9H18NO2S2Zn. The third-order valence-electron chi connectivity index (χ3n) is 1.97. The van der Waals surface area contributed by atoms with Crippen molar-refractivity contribution in [1.29, 1.82) is 0 Å². The van der Waals surface area contributed by atoms with E-state index in [-0.39, 0.29) is 6.09 Å². The summed E-state index contributed by atoms with van der Waals surface area (Å²) in [6.45, 7) is 5.90. The number of unbranched alkanes of at least 4 members (excludes halogenated alkanes) is 2. The van der Waals surface area contributed by atoms with E-state index in [9.17, 15) is 4.79 Å². The van der Waals surface area contributed by atoms with Crippen molar-refractivity contribution < 1.29 is 26.1 Å². The Labute approximate surface area is 109 Å². The molecule has 0 unspecified atom stereocenters. The number of carbonyl (C=O) groups is 1. The van der Waals surface area contributed by atoms with E-state index in [1.807, 2.05) is 4.90 Å². The third-order valence-corrected chi connectivity index (χ3v) is 4.59. The molecule has 0 radical (unpaired) electrons. The first-order valence-corrected chi connectivity index (χ1v) is 11.2. The van der Waals surface area contributed by atoms with Crippen LogP contribution in [0, 0.1) is 0 Å². The average molecular weight is 302 g/mol. The first kappa shape index (κ1) is 15.6. The van der Waals surface area contributed by atoms with Gasteiger partial charge in [0.1, 0.15) is 0 Å². The van der Waals surface area contributed by atoms with Crippen LogP contribution in [0.5, 0.6) is 0 Å². The normalized spacial score (nSPS) is 10.1. The van der Waals surface area contributed by atoms with Crippen LogP contribution in [-0.2, 0) is 21.3 Å². The Morgan fingerprint density at radius 2 is 1.80 bits per heavy atom. The van der Waals surface area contributed by atoms with Crippen LogP contribution < -0.4 is 0 Å². The molecule has 0 aromatic carbocycles. The van der Waals surface area contributed by atoms with E-state index in [1.165, 1.54) is 11.1 Å². The zero-order valence-electron chi connectivity index (χ0n) is 9.53. The molecule has 0 atom stereocenters. The molecular weight excluding hydrogens is 284 g/mol. The van der Waals surface area contributed by atoms with Gasteiger partial charge in [-0.3, -0.25) is 0 Å². The molecule has 0 fully saturated rings.